The number of fused-ring (bicyclic) bond motifs is 1. The maximum absolute atomic E-state index is 13.0. The number of carbonyl (C=O) groups excluding carboxylic acids is 2. The third-order valence-corrected chi connectivity index (χ3v) is 5.71. The van der Waals surface area contributed by atoms with Crippen LogP contribution in [0.5, 0.6) is 0 Å². The van der Waals surface area contributed by atoms with Crippen molar-refractivity contribution in [2.24, 2.45) is 5.92 Å². The zero-order chi connectivity index (χ0) is 18.8. The molecule has 1 saturated heterocycles. The molecule has 2 aromatic rings. The second kappa shape index (κ2) is 7.42. The largest absolute Gasteiger partial charge is 0.335 e. The van der Waals surface area contributed by atoms with Crippen LogP contribution in [0.2, 0.25) is 0 Å². The molecule has 0 bridgehead atoms. The van der Waals surface area contributed by atoms with Crippen molar-refractivity contribution in [1.82, 2.24) is 14.2 Å². The van der Waals surface area contributed by atoms with Crippen LogP contribution in [-0.2, 0) is 4.79 Å². The van der Waals surface area contributed by atoms with E-state index < -0.39 is 5.92 Å². The summed E-state index contributed by atoms with van der Waals surface area (Å²) in [7, 11) is 0. The van der Waals surface area contributed by atoms with E-state index in [9.17, 15) is 9.59 Å². The van der Waals surface area contributed by atoms with E-state index in [1.54, 1.807) is 9.80 Å². The van der Waals surface area contributed by atoms with Gasteiger partial charge < -0.3 is 9.80 Å². The van der Waals surface area contributed by atoms with Crippen LogP contribution < -0.4 is 0 Å². The van der Waals surface area contributed by atoms with E-state index in [2.05, 4.69) is 10.4 Å². The molecular weight excluding hydrogens is 348 g/mol. The van der Waals surface area contributed by atoms with Gasteiger partial charge in [-0.1, -0.05) is 18.6 Å². The van der Waals surface area contributed by atoms with E-state index in [1.165, 1.54) is 11.5 Å². The first-order valence-electron chi connectivity index (χ1n) is 8.81. The molecule has 1 unspecified atom stereocenters. The van der Waals surface area contributed by atoms with Gasteiger partial charge in [-0.25, -0.2) is 0 Å². The summed E-state index contributed by atoms with van der Waals surface area (Å²) in [4.78, 5) is 28.9. The highest BCUT2D eigenvalue weighted by molar-refractivity contribution is 7.13. The molecule has 2 heterocycles. The Morgan fingerprint density at radius 2 is 2.19 bits per heavy atom. The van der Waals surface area contributed by atoms with Gasteiger partial charge in [0.15, 0.2) is 0 Å². The van der Waals surface area contributed by atoms with E-state index in [-0.39, 0.29) is 17.9 Å². The first-order valence-corrected chi connectivity index (χ1v) is 9.59. The average molecular weight is 370 g/mol. The monoisotopic (exact) mass is 370 g/mol. The lowest BCUT2D eigenvalue weighted by molar-refractivity contribution is -0.137. The molecule has 1 aromatic carbocycles. The molecule has 6 nitrogen and oxygen atoms in total. The lowest BCUT2D eigenvalue weighted by atomic mass is 10.0. The van der Waals surface area contributed by atoms with Crippen LogP contribution in [-0.4, -0.2) is 51.7 Å². The maximum Gasteiger partial charge on any atom is 0.274 e. The van der Waals surface area contributed by atoms with Crippen LogP contribution in [0.15, 0.2) is 18.2 Å². The Hall–Kier alpha value is -2.46. The van der Waals surface area contributed by atoms with Gasteiger partial charge in [0.2, 0.25) is 5.91 Å². The third-order valence-electron chi connectivity index (χ3n) is 4.89. The van der Waals surface area contributed by atoms with Crippen LogP contribution in [0.3, 0.4) is 0 Å². The molecule has 7 heteroatoms. The number of nitrogens with zero attached hydrogens (tertiary/aromatic N) is 4. The number of rotatable bonds is 3. The molecule has 1 aromatic heterocycles. The van der Waals surface area contributed by atoms with Gasteiger partial charge in [-0.15, -0.1) is 0 Å². The molecule has 136 valence electrons. The smallest absolute Gasteiger partial charge is 0.274 e. The Kier molecular flexibility index (Phi) is 5.23. The Balaban J connectivity index is 1.76. The summed E-state index contributed by atoms with van der Waals surface area (Å²) >= 11 is 1.33. The molecule has 0 N–H and O–H groups in total. The molecule has 2 atom stereocenters. The van der Waals surface area contributed by atoms with Gasteiger partial charge in [0, 0.05) is 31.1 Å². The molecule has 3 rings (SSSR count). The zero-order valence-corrected chi connectivity index (χ0v) is 16.0. The van der Waals surface area contributed by atoms with E-state index in [4.69, 9.17) is 5.26 Å². The van der Waals surface area contributed by atoms with Gasteiger partial charge >= 0.3 is 0 Å². The number of piperazine rings is 1. The van der Waals surface area contributed by atoms with Crippen molar-refractivity contribution in [1.29, 1.82) is 5.26 Å². The standard InChI is InChI=1S/C19H22N4O2S/c1-4-14(10-20)18(24)23-8-7-22(11-13(23)3)19(25)17-15-9-12(2)5-6-16(15)26-21-17/h5-6,9,13-14H,4,7-8,11H2,1-3H3/t13-,14?/m1/s1. The second-order valence-electron chi connectivity index (χ2n) is 6.75. The van der Waals surface area contributed by atoms with E-state index in [0.29, 0.717) is 31.7 Å². The van der Waals surface area contributed by atoms with Gasteiger partial charge in [-0.3, -0.25) is 9.59 Å². The van der Waals surface area contributed by atoms with Gasteiger partial charge in [-0.2, -0.15) is 9.64 Å². The topological polar surface area (TPSA) is 77.3 Å². The molecule has 1 fully saturated rings. The molecule has 1 aliphatic rings. The third kappa shape index (κ3) is 3.29. The lowest BCUT2D eigenvalue weighted by Crippen LogP contribution is -2.56. The predicted octanol–water partition coefficient (Wildman–Crippen LogP) is 2.83. The molecule has 0 aliphatic carbocycles. The number of carbonyl (C=O) groups is 2. The van der Waals surface area contributed by atoms with Crippen LogP contribution in [0.25, 0.3) is 10.1 Å². The molecule has 26 heavy (non-hydrogen) atoms. The minimum atomic E-state index is -0.606. The summed E-state index contributed by atoms with van der Waals surface area (Å²) in [5, 5.41) is 10.0. The van der Waals surface area contributed by atoms with Crippen molar-refractivity contribution in [3.63, 3.8) is 0 Å². The quantitative estimate of drug-likeness (QED) is 0.832. The zero-order valence-electron chi connectivity index (χ0n) is 15.2. The minimum absolute atomic E-state index is 0.0897. The van der Waals surface area contributed by atoms with E-state index >= 15 is 0 Å². The molecule has 0 saturated carbocycles. The Morgan fingerprint density at radius 1 is 1.42 bits per heavy atom. The minimum Gasteiger partial charge on any atom is -0.335 e. The number of hydrogen-bond donors (Lipinski definition) is 0. The SMILES string of the molecule is CCC(C#N)C(=O)N1CCN(C(=O)c2nsc3ccc(C)cc23)C[C@H]1C. The van der Waals surface area contributed by atoms with E-state index in [0.717, 1.165) is 15.6 Å². The highest BCUT2D eigenvalue weighted by Gasteiger charge is 2.34. The fraction of sp³-hybridized carbons (Fsp3) is 0.474. The summed E-state index contributed by atoms with van der Waals surface area (Å²) in [6.07, 6.45) is 0.505. The summed E-state index contributed by atoms with van der Waals surface area (Å²) in [6, 6.07) is 7.95. The summed E-state index contributed by atoms with van der Waals surface area (Å²) in [5.74, 6) is -0.831. The van der Waals surface area contributed by atoms with Crippen molar-refractivity contribution in [2.75, 3.05) is 19.6 Å². The molecule has 2 amide bonds. The summed E-state index contributed by atoms with van der Waals surface area (Å²) < 4.78 is 5.37. The van der Waals surface area contributed by atoms with Crippen LogP contribution >= 0.6 is 11.5 Å². The number of aromatic nitrogens is 1. The Bertz CT molecular complexity index is 885. The summed E-state index contributed by atoms with van der Waals surface area (Å²) in [6.45, 7) is 7.12. The number of hydrogen-bond acceptors (Lipinski definition) is 5. The molecule has 0 radical (unpaired) electrons. The van der Waals surface area contributed by atoms with Gasteiger partial charge in [0.25, 0.3) is 5.91 Å². The lowest BCUT2D eigenvalue weighted by Gasteiger charge is -2.40. The van der Waals surface area contributed by atoms with E-state index in [1.807, 2.05) is 39.0 Å². The van der Waals surface area contributed by atoms with Crippen molar-refractivity contribution >= 4 is 33.4 Å². The predicted molar refractivity (Wildman–Crippen MR) is 101 cm³/mol. The van der Waals surface area contributed by atoms with Gasteiger partial charge in [0.05, 0.1) is 10.8 Å². The number of amides is 2. The average Bonchev–Trinajstić information content (AvgIpc) is 3.04. The first kappa shape index (κ1) is 18.3. The van der Waals surface area contributed by atoms with Crippen molar-refractivity contribution < 1.29 is 9.59 Å². The van der Waals surface area contributed by atoms with Crippen molar-refractivity contribution in [2.45, 2.75) is 33.2 Å². The van der Waals surface area contributed by atoms with Crippen LogP contribution in [0.4, 0.5) is 0 Å². The second-order valence-corrected chi connectivity index (χ2v) is 7.56. The van der Waals surface area contributed by atoms with Crippen LogP contribution in [0.1, 0.15) is 36.3 Å². The maximum atomic E-state index is 13.0. The highest BCUT2D eigenvalue weighted by Crippen LogP contribution is 2.26. The Labute approximate surface area is 157 Å². The number of benzene rings is 1. The van der Waals surface area contributed by atoms with Crippen molar-refractivity contribution in [3.05, 3.63) is 29.5 Å². The fourth-order valence-electron chi connectivity index (χ4n) is 3.35. The highest BCUT2D eigenvalue weighted by atomic mass is 32.1. The van der Waals surface area contributed by atoms with Crippen LogP contribution in [0, 0.1) is 24.2 Å². The van der Waals surface area contributed by atoms with Crippen molar-refractivity contribution in [3.8, 4) is 6.07 Å². The molecular formula is C19H22N4O2S. The molecule has 0 spiro atoms. The first-order chi connectivity index (χ1) is 12.5. The van der Waals surface area contributed by atoms with Gasteiger partial charge in [-0.05, 0) is 43.9 Å². The molecule has 1 aliphatic heterocycles. The number of aryl methyl sites for hydroxylation is 1. The fourth-order valence-corrected chi connectivity index (χ4v) is 4.10. The normalized spacial score (nSPS) is 18.6. The number of nitriles is 1. The van der Waals surface area contributed by atoms with Gasteiger partial charge in [0.1, 0.15) is 11.6 Å². The Morgan fingerprint density at radius 3 is 2.85 bits per heavy atom. The summed E-state index contributed by atoms with van der Waals surface area (Å²) in [5.41, 5.74) is 1.58.